The van der Waals surface area contributed by atoms with Crippen molar-refractivity contribution in [3.8, 4) is 0 Å². The van der Waals surface area contributed by atoms with Crippen molar-refractivity contribution in [2.24, 2.45) is 10.2 Å². The van der Waals surface area contributed by atoms with Crippen LogP contribution in [-0.2, 0) is 9.47 Å². The van der Waals surface area contributed by atoms with Gasteiger partial charge >= 0.3 is 12.2 Å². The molecule has 17 heavy (non-hydrogen) atoms. The normalized spacial score (nSPS) is 10.8. The quantitative estimate of drug-likeness (QED) is 0.527. The van der Waals surface area contributed by atoms with Crippen LogP contribution in [0.3, 0.4) is 0 Å². The summed E-state index contributed by atoms with van der Waals surface area (Å²) >= 11 is 0. The van der Waals surface area contributed by atoms with Gasteiger partial charge in [-0.1, -0.05) is 36.4 Å². The number of nitrogens with zero attached hydrogens (tertiary/aromatic N) is 2. The van der Waals surface area contributed by atoms with E-state index in [1.165, 1.54) is 0 Å². The summed E-state index contributed by atoms with van der Waals surface area (Å²) in [6.07, 6.45) is 2.01. The molecule has 0 unspecified atom stereocenters. The maximum Gasteiger partial charge on any atom is 0.452 e. The largest absolute Gasteiger partial charge is 0.452 e. The molecule has 0 saturated heterocycles. The highest BCUT2D eigenvalue weighted by Crippen LogP contribution is 2.00. The van der Waals surface area contributed by atoms with Crippen molar-refractivity contribution in [2.45, 2.75) is 52.6 Å². The van der Waals surface area contributed by atoms with Crippen LogP contribution in [0.5, 0.6) is 0 Å². The van der Waals surface area contributed by atoms with Crippen LogP contribution in [0.4, 0.5) is 9.59 Å². The number of hydrogen-bond acceptors (Lipinski definition) is 4. The molecular formula is C11H20N2O4. The Kier molecular flexibility index (Phi) is 8.91. The van der Waals surface area contributed by atoms with Crippen molar-refractivity contribution in [1.29, 1.82) is 0 Å². The van der Waals surface area contributed by atoms with E-state index in [4.69, 9.17) is 4.74 Å². The van der Waals surface area contributed by atoms with Gasteiger partial charge in [-0.2, -0.15) is 0 Å². The van der Waals surface area contributed by atoms with Crippen LogP contribution in [0.15, 0.2) is 10.2 Å². The molecule has 0 aromatic heterocycles. The van der Waals surface area contributed by atoms with Crippen LogP contribution in [0, 0.1) is 0 Å². The Balaban J connectivity index is 3.63. The summed E-state index contributed by atoms with van der Waals surface area (Å²) in [7, 11) is 0. The fourth-order valence-electron chi connectivity index (χ4n) is 1.02. The highest BCUT2D eigenvalue weighted by molar-refractivity contribution is 5.73. The second kappa shape index (κ2) is 9.74. The van der Waals surface area contributed by atoms with E-state index >= 15 is 0 Å². The number of carbonyl (C=O) groups excluding carboxylic acids is 2. The number of azo groups is 1. The highest BCUT2D eigenvalue weighted by atomic mass is 16.6. The smallest absolute Gasteiger partial charge is 0.447 e. The van der Waals surface area contributed by atoms with E-state index in [1.807, 2.05) is 0 Å². The molecule has 0 aromatic carbocycles. The van der Waals surface area contributed by atoms with Gasteiger partial charge in [0.15, 0.2) is 0 Å². The molecule has 0 bridgehead atoms. The predicted octanol–water partition coefficient (Wildman–Crippen LogP) is 3.70. The van der Waals surface area contributed by atoms with Crippen molar-refractivity contribution < 1.29 is 19.1 Å². The Bertz CT molecular complexity index is 264. The number of carbonyl (C=O) groups is 2. The molecular weight excluding hydrogens is 224 g/mol. The number of ether oxygens (including phenoxy) is 2. The van der Waals surface area contributed by atoms with Gasteiger partial charge in [-0.3, -0.25) is 0 Å². The molecule has 0 atom stereocenters. The van der Waals surface area contributed by atoms with Crippen molar-refractivity contribution >= 4 is 12.2 Å². The van der Waals surface area contributed by atoms with E-state index in [2.05, 4.69) is 21.9 Å². The average molecular weight is 244 g/mol. The number of hydrogen-bond donors (Lipinski definition) is 0. The molecule has 6 nitrogen and oxygen atoms in total. The lowest BCUT2D eigenvalue weighted by Crippen LogP contribution is -2.07. The maximum atomic E-state index is 11.0. The lowest BCUT2D eigenvalue weighted by atomic mass is 10.2. The zero-order chi connectivity index (χ0) is 13.1. The zero-order valence-electron chi connectivity index (χ0n) is 10.6. The Morgan fingerprint density at radius 3 is 2.29 bits per heavy atom. The van der Waals surface area contributed by atoms with E-state index < -0.39 is 12.2 Å². The lowest BCUT2D eigenvalue weighted by molar-refractivity contribution is 0.121. The number of unbranched alkanes of at least 4 members (excludes halogenated alkanes) is 3. The van der Waals surface area contributed by atoms with E-state index in [-0.39, 0.29) is 6.10 Å². The van der Waals surface area contributed by atoms with Gasteiger partial charge in [0.05, 0.1) is 12.7 Å². The monoisotopic (exact) mass is 244 g/mol. The lowest BCUT2D eigenvalue weighted by Gasteiger charge is -2.02. The van der Waals surface area contributed by atoms with Crippen LogP contribution >= 0.6 is 0 Å². The molecule has 0 fully saturated rings. The first-order chi connectivity index (χ1) is 8.06. The second-order valence-corrected chi connectivity index (χ2v) is 3.81. The van der Waals surface area contributed by atoms with Gasteiger partial charge in [0.1, 0.15) is 0 Å². The van der Waals surface area contributed by atoms with Gasteiger partial charge in [-0.15, -0.1) is 0 Å². The molecule has 6 heteroatoms. The maximum absolute atomic E-state index is 11.0. The summed E-state index contributed by atoms with van der Waals surface area (Å²) in [6, 6.07) is 0. The molecule has 0 heterocycles. The first-order valence-electron chi connectivity index (χ1n) is 5.85. The summed E-state index contributed by atoms with van der Waals surface area (Å²) in [5.74, 6) is 0. The first kappa shape index (κ1) is 15.5. The SMILES string of the molecule is CCCCCCOC(=O)/N=N/C(=O)OC(C)C. The van der Waals surface area contributed by atoms with Crippen LogP contribution in [0.2, 0.25) is 0 Å². The van der Waals surface area contributed by atoms with Crippen LogP contribution < -0.4 is 0 Å². The fourth-order valence-corrected chi connectivity index (χ4v) is 1.02. The summed E-state index contributed by atoms with van der Waals surface area (Å²) in [5, 5.41) is 6.15. The van der Waals surface area contributed by atoms with E-state index in [0.717, 1.165) is 25.7 Å². The Labute approximate surface area is 101 Å². The topological polar surface area (TPSA) is 77.3 Å². The molecule has 2 amide bonds. The fraction of sp³-hybridized carbons (Fsp3) is 0.818. The Hall–Kier alpha value is -1.46. The third-order valence-electron chi connectivity index (χ3n) is 1.77. The van der Waals surface area contributed by atoms with Crippen molar-refractivity contribution in [1.82, 2.24) is 0 Å². The van der Waals surface area contributed by atoms with E-state index in [0.29, 0.717) is 6.61 Å². The highest BCUT2D eigenvalue weighted by Gasteiger charge is 2.05. The first-order valence-corrected chi connectivity index (χ1v) is 5.85. The van der Waals surface area contributed by atoms with Gasteiger partial charge in [-0.25, -0.2) is 9.59 Å². The minimum absolute atomic E-state index is 0.286. The van der Waals surface area contributed by atoms with E-state index in [1.54, 1.807) is 13.8 Å². The van der Waals surface area contributed by atoms with E-state index in [9.17, 15) is 9.59 Å². The van der Waals surface area contributed by atoms with Crippen molar-refractivity contribution in [2.75, 3.05) is 6.61 Å². The van der Waals surface area contributed by atoms with Gasteiger partial charge in [0.25, 0.3) is 0 Å². The Morgan fingerprint density at radius 1 is 1.06 bits per heavy atom. The average Bonchev–Trinajstić information content (AvgIpc) is 2.25. The third kappa shape index (κ3) is 10.8. The van der Waals surface area contributed by atoms with Crippen LogP contribution in [0.1, 0.15) is 46.5 Å². The van der Waals surface area contributed by atoms with Gasteiger partial charge < -0.3 is 9.47 Å². The molecule has 0 aliphatic carbocycles. The number of rotatable bonds is 6. The molecule has 98 valence electrons. The number of amides is 2. The molecule has 0 aliphatic heterocycles. The molecule has 0 saturated carbocycles. The Morgan fingerprint density at radius 2 is 1.71 bits per heavy atom. The van der Waals surface area contributed by atoms with Gasteiger partial charge in [0.2, 0.25) is 0 Å². The molecule has 0 N–H and O–H groups in total. The summed E-state index contributed by atoms with van der Waals surface area (Å²) in [4.78, 5) is 21.9. The van der Waals surface area contributed by atoms with Gasteiger partial charge in [-0.05, 0) is 20.3 Å². The third-order valence-corrected chi connectivity index (χ3v) is 1.77. The minimum atomic E-state index is -0.886. The van der Waals surface area contributed by atoms with Crippen LogP contribution in [0.25, 0.3) is 0 Å². The van der Waals surface area contributed by atoms with Crippen molar-refractivity contribution in [3.05, 3.63) is 0 Å². The molecule has 0 aromatic rings. The predicted molar refractivity (Wildman–Crippen MR) is 62.0 cm³/mol. The summed E-state index contributed by atoms with van der Waals surface area (Å²) in [5.41, 5.74) is 0. The van der Waals surface area contributed by atoms with Crippen LogP contribution in [-0.4, -0.2) is 24.9 Å². The molecule has 0 spiro atoms. The minimum Gasteiger partial charge on any atom is -0.447 e. The van der Waals surface area contributed by atoms with Crippen molar-refractivity contribution in [3.63, 3.8) is 0 Å². The molecule has 0 radical (unpaired) electrons. The summed E-state index contributed by atoms with van der Waals surface area (Å²) < 4.78 is 9.39. The zero-order valence-corrected chi connectivity index (χ0v) is 10.6. The summed E-state index contributed by atoms with van der Waals surface area (Å²) in [6.45, 7) is 5.76. The molecule has 0 aliphatic rings. The van der Waals surface area contributed by atoms with Gasteiger partial charge in [0, 0.05) is 0 Å². The molecule has 0 rings (SSSR count). The second-order valence-electron chi connectivity index (χ2n) is 3.81. The standard InChI is InChI=1S/C11H20N2O4/c1-4-5-6-7-8-16-10(14)12-13-11(15)17-9(2)3/h9H,4-8H2,1-3H3/b13-12+.